The van der Waals surface area contributed by atoms with E-state index in [-0.39, 0.29) is 0 Å². The van der Waals surface area contributed by atoms with Crippen LogP contribution in [0.15, 0.2) is 65.4 Å². The number of ether oxygens (including phenoxy) is 1. The summed E-state index contributed by atoms with van der Waals surface area (Å²) < 4.78 is 13.0. The van der Waals surface area contributed by atoms with Crippen molar-refractivity contribution in [2.75, 3.05) is 7.11 Å². The molecule has 4 aromatic rings. The van der Waals surface area contributed by atoms with Crippen molar-refractivity contribution in [1.82, 2.24) is 9.72 Å². The first-order valence-electron chi connectivity index (χ1n) is 7.98. The fraction of sp³-hybridized carbons (Fsp3) is 0.150. The van der Waals surface area contributed by atoms with E-state index in [1.165, 1.54) is 10.9 Å². The van der Waals surface area contributed by atoms with Gasteiger partial charge >= 0.3 is 0 Å². The average molecular weight is 318 g/mol. The van der Waals surface area contributed by atoms with E-state index in [0.29, 0.717) is 0 Å². The molecule has 0 saturated carbocycles. The molecule has 0 aliphatic carbocycles. The lowest BCUT2D eigenvalue weighted by atomic mass is 10.0. The lowest BCUT2D eigenvalue weighted by Gasteiger charge is -2.05. The molecule has 2 aromatic carbocycles. The lowest BCUT2D eigenvalue weighted by molar-refractivity contribution is 0.415. The van der Waals surface area contributed by atoms with E-state index in [2.05, 4.69) is 47.1 Å². The van der Waals surface area contributed by atoms with Gasteiger partial charge in [0.1, 0.15) is 5.75 Å². The van der Waals surface area contributed by atoms with Crippen LogP contribution in [0.5, 0.6) is 5.75 Å². The molecule has 4 rings (SSSR count). The van der Waals surface area contributed by atoms with Gasteiger partial charge in [-0.15, -0.1) is 0 Å². The van der Waals surface area contributed by atoms with Crippen LogP contribution in [0, 0.1) is 0 Å². The standard InChI is InChI=1S/C20H18N2O2/c1-3-22-11-10-15-4-5-16(12-19(15)22)20-18(13-21-24-20)14-6-8-17(23-2)9-7-14/h4-13H,3H2,1-2H3. The summed E-state index contributed by atoms with van der Waals surface area (Å²) in [7, 11) is 1.66. The molecule has 0 unspecified atom stereocenters. The summed E-state index contributed by atoms with van der Waals surface area (Å²) in [6.45, 7) is 3.08. The summed E-state index contributed by atoms with van der Waals surface area (Å²) in [5.41, 5.74) is 4.26. The molecule has 24 heavy (non-hydrogen) atoms. The van der Waals surface area contributed by atoms with Crippen LogP contribution >= 0.6 is 0 Å². The zero-order valence-corrected chi connectivity index (χ0v) is 13.7. The minimum atomic E-state index is 0.783. The van der Waals surface area contributed by atoms with Crippen LogP contribution in [-0.4, -0.2) is 16.8 Å². The van der Waals surface area contributed by atoms with Crippen molar-refractivity contribution in [2.24, 2.45) is 0 Å². The molecule has 2 heterocycles. The number of nitrogens with zero attached hydrogens (tertiary/aromatic N) is 2. The number of hydrogen-bond acceptors (Lipinski definition) is 3. The summed E-state index contributed by atoms with van der Waals surface area (Å²) in [4.78, 5) is 0. The van der Waals surface area contributed by atoms with E-state index >= 15 is 0 Å². The van der Waals surface area contributed by atoms with E-state index in [4.69, 9.17) is 9.26 Å². The molecule has 2 aromatic heterocycles. The topological polar surface area (TPSA) is 40.2 Å². The number of aryl methyl sites for hydroxylation is 1. The van der Waals surface area contributed by atoms with Crippen LogP contribution in [0.3, 0.4) is 0 Å². The minimum absolute atomic E-state index is 0.783. The molecule has 0 bridgehead atoms. The number of hydrogen-bond donors (Lipinski definition) is 0. The maximum Gasteiger partial charge on any atom is 0.174 e. The van der Waals surface area contributed by atoms with Gasteiger partial charge in [0.25, 0.3) is 0 Å². The zero-order chi connectivity index (χ0) is 16.5. The van der Waals surface area contributed by atoms with Gasteiger partial charge in [0, 0.05) is 29.4 Å². The maximum absolute atomic E-state index is 5.57. The van der Waals surface area contributed by atoms with Crippen LogP contribution < -0.4 is 4.74 Å². The number of methoxy groups -OCH3 is 1. The minimum Gasteiger partial charge on any atom is -0.497 e. The van der Waals surface area contributed by atoms with E-state index in [0.717, 1.165) is 34.7 Å². The van der Waals surface area contributed by atoms with Crippen molar-refractivity contribution >= 4 is 10.9 Å². The van der Waals surface area contributed by atoms with Gasteiger partial charge in [-0.05, 0) is 42.1 Å². The lowest BCUT2D eigenvalue weighted by Crippen LogP contribution is -1.90. The van der Waals surface area contributed by atoms with Crippen molar-refractivity contribution in [3.63, 3.8) is 0 Å². The van der Waals surface area contributed by atoms with E-state index in [1.807, 2.05) is 24.3 Å². The number of rotatable bonds is 4. The monoisotopic (exact) mass is 318 g/mol. The highest BCUT2D eigenvalue weighted by atomic mass is 16.5. The fourth-order valence-electron chi connectivity index (χ4n) is 3.02. The molecule has 0 aliphatic heterocycles. The number of aromatic nitrogens is 2. The summed E-state index contributed by atoms with van der Waals surface area (Å²) >= 11 is 0. The summed E-state index contributed by atoms with van der Waals surface area (Å²) in [6, 6.07) is 16.4. The Hall–Kier alpha value is -3.01. The Kier molecular flexibility index (Phi) is 3.58. The zero-order valence-electron chi connectivity index (χ0n) is 13.7. The molecule has 4 nitrogen and oxygen atoms in total. The largest absolute Gasteiger partial charge is 0.497 e. The highest BCUT2D eigenvalue weighted by molar-refractivity contribution is 5.88. The Labute approximate surface area is 140 Å². The first-order chi connectivity index (χ1) is 11.8. The molecule has 0 saturated heterocycles. The van der Waals surface area contributed by atoms with Gasteiger partial charge in [-0.3, -0.25) is 0 Å². The normalized spacial score (nSPS) is 11.1. The fourth-order valence-corrected chi connectivity index (χ4v) is 3.02. The van der Waals surface area contributed by atoms with Crippen LogP contribution in [0.2, 0.25) is 0 Å². The maximum atomic E-state index is 5.57. The third-order valence-corrected chi connectivity index (χ3v) is 4.35. The highest BCUT2D eigenvalue weighted by Gasteiger charge is 2.14. The van der Waals surface area contributed by atoms with Crippen LogP contribution in [-0.2, 0) is 6.54 Å². The summed E-state index contributed by atoms with van der Waals surface area (Å²) in [6.07, 6.45) is 3.87. The number of fused-ring (bicyclic) bond motifs is 1. The second kappa shape index (κ2) is 5.89. The molecule has 0 fully saturated rings. The van der Waals surface area contributed by atoms with Gasteiger partial charge in [0.15, 0.2) is 5.76 Å². The van der Waals surface area contributed by atoms with Crippen molar-refractivity contribution in [1.29, 1.82) is 0 Å². The van der Waals surface area contributed by atoms with E-state index in [9.17, 15) is 0 Å². The Balaban J connectivity index is 1.81. The molecule has 0 radical (unpaired) electrons. The van der Waals surface area contributed by atoms with Crippen molar-refractivity contribution < 1.29 is 9.26 Å². The van der Waals surface area contributed by atoms with Crippen molar-refractivity contribution in [3.05, 3.63) is 60.9 Å². The molecule has 0 atom stereocenters. The molecular formula is C20H18N2O2. The van der Waals surface area contributed by atoms with Gasteiger partial charge in [-0.2, -0.15) is 0 Å². The first-order valence-corrected chi connectivity index (χ1v) is 7.98. The molecule has 4 heteroatoms. The van der Waals surface area contributed by atoms with Gasteiger partial charge < -0.3 is 13.8 Å². The Morgan fingerprint density at radius 3 is 2.58 bits per heavy atom. The van der Waals surface area contributed by atoms with Crippen LogP contribution in [0.1, 0.15) is 6.92 Å². The predicted molar refractivity (Wildman–Crippen MR) is 95.1 cm³/mol. The predicted octanol–water partition coefficient (Wildman–Crippen LogP) is 4.99. The summed E-state index contributed by atoms with van der Waals surface area (Å²) in [5, 5.41) is 5.24. The second-order valence-electron chi connectivity index (χ2n) is 5.67. The molecular weight excluding hydrogens is 300 g/mol. The third kappa shape index (κ3) is 2.36. The highest BCUT2D eigenvalue weighted by Crippen LogP contribution is 2.34. The smallest absolute Gasteiger partial charge is 0.174 e. The van der Waals surface area contributed by atoms with E-state index in [1.54, 1.807) is 13.3 Å². The second-order valence-corrected chi connectivity index (χ2v) is 5.67. The van der Waals surface area contributed by atoms with Crippen molar-refractivity contribution in [3.8, 4) is 28.2 Å². The van der Waals surface area contributed by atoms with E-state index < -0.39 is 0 Å². The Morgan fingerprint density at radius 1 is 1.04 bits per heavy atom. The third-order valence-electron chi connectivity index (χ3n) is 4.35. The molecule has 0 spiro atoms. The average Bonchev–Trinajstić information content (AvgIpc) is 3.28. The van der Waals surface area contributed by atoms with Crippen LogP contribution in [0.25, 0.3) is 33.4 Å². The SMILES string of the molecule is CCn1ccc2ccc(-c3oncc3-c3ccc(OC)cc3)cc21. The molecule has 0 N–H and O–H groups in total. The molecule has 0 amide bonds. The molecule has 0 aliphatic rings. The molecule has 120 valence electrons. The van der Waals surface area contributed by atoms with Gasteiger partial charge in [0.2, 0.25) is 0 Å². The van der Waals surface area contributed by atoms with Gasteiger partial charge in [0.05, 0.1) is 13.3 Å². The quantitative estimate of drug-likeness (QED) is 0.532. The van der Waals surface area contributed by atoms with Crippen LogP contribution in [0.4, 0.5) is 0 Å². The van der Waals surface area contributed by atoms with Gasteiger partial charge in [-0.25, -0.2) is 0 Å². The first kappa shape index (κ1) is 14.6. The Morgan fingerprint density at radius 2 is 1.83 bits per heavy atom. The number of benzene rings is 2. The van der Waals surface area contributed by atoms with Gasteiger partial charge in [-0.1, -0.05) is 29.4 Å². The summed E-state index contributed by atoms with van der Waals surface area (Å²) in [5.74, 6) is 1.62. The van der Waals surface area contributed by atoms with Crippen molar-refractivity contribution in [2.45, 2.75) is 13.5 Å². The Bertz CT molecular complexity index is 980.